The smallest absolute Gasteiger partial charge is 0.328 e. The lowest BCUT2D eigenvalue weighted by atomic mass is 9.83. The predicted molar refractivity (Wildman–Crippen MR) is 109 cm³/mol. The van der Waals surface area contributed by atoms with E-state index in [-0.39, 0.29) is 22.3 Å². The van der Waals surface area contributed by atoms with Crippen LogP contribution in [0.15, 0.2) is 12.1 Å². The Morgan fingerprint density at radius 2 is 1.79 bits per heavy atom. The van der Waals surface area contributed by atoms with Crippen molar-refractivity contribution in [2.75, 3.05) is 13.7 Å². The van der Waals surface area contributed by atoms with Gasteiger partial charge in [0.2, 0.25) is 0 Å². The lowest BCUT2D eigenvalue weighted by Gasteiger charge is -2.29. The number of hydrogen-bond acceptors (Lipinski definition) is 4. The number of methoxy groups -OCH3 is 1. The summed E-state index contributed by atoms with van der Waals surface area (Å²) in [7, 11) is 1.29. The molecule has 1 aromatic rings. The van der Waals surface area contributed by atoms with Gasteiger partial charge in [0, 0.05) is 6.07 Å². The Morgan fingerprint density at radius 1 is 1.14 bits per heavy atom. The molecule has 7 heteroatoms. The van der Waals surface area contributed by atoms with Crippen LogP contribution in [0.25, 0.3) is 0 Å². The summed E-state index contributed by atoms with van der Waals surface area (Å²) in [6.07, 6.45) is 9.38. The molecule has 2 fully saturated rings. The highest BCUT2D eigenvalue weighted by Gasteiger charge is 2.32. The quantitative estimate of drug-likeness (QED) is 0.631. The van der Waals surface area contributed by atoms with Gasteiger partial charge in [-0.2, -0.15) is 0 Å². The number of rotatable bonds is 7. The van der Waals surface area contributed by atoms with E-state index < -0.39 is 23.7 Å². The van der Waals surface area contributed by atoms with Gasteiger partial charge in [-0.15, -0.1) is 0 Å². The van der Waals surface area contributed by atoms with Crippen molar-refractivity contribution in [1.29, 1.82) is 0 Å². The molecule has 0 bridgehead atoms. The Labute approximate surface area is 176 Å². The van der Waals surface area contributed by atoms with Gasteiger partial charge in [0.05, 0.1) is 24.3 Å². The summed E-state index contributed by atoms with van der Waals surface area (Å²) in [6, 6.07) is 1.63. The van der Waals surface area contributed by atoms with Crippen LogP contribution in [0.1, 0.15) is 68.1 Å². The molecule has 1 N–H and O–H groups in total. The van der Waals surface area contributed by atoms with E-state index >= 15 is 0 Å². The first-order valence-corrected chi connectivity index (χ1v) is 10.9. The highest BCUT2D eigenvalue weighted by atomic mass is 35.5. The molecular weight excluding hydrogens is 397 g/mol. The maximum atomic E-state index is 14.6. The Hall–Kier alpha value is -1.82. The number of ether oxygens (including phenoxy) is 2. The molecule has 0 aliphatic heterocycles. The Morgan fingerprint density at radius 3 is 2.45 bits per heavy atom. The van der Waals surface area contributed by atoms with Crippen LogP contribution in [-0.4, -0.2) is 31.6 Å². The van der Waals surface area contributed by atoms with E-state index in [9.17, 15) is 14.0 Å². The van der Waals surface area contributed by atoms with Crippen molar-refractivity contribution in [2.45, 2.75) is 63.8 Å². The fraction of sp³-hybridized carbons (Fsp3) is 0.636. The number of carbonyl (C=O) groups is 2. The van der Waals surface area contributed by atoms with Gasteiger partial charge in [0.15, 0.2) is 0 Å². The molecular formula is C22H29ClFNO4. The van der Waals surface area contributed by atoms with Crippen molar-refractivity contribution in [3.05, 3.63) is 28.5 Å². The number of amides is 1. The molecule has 2 aliphatic rings. The van der Waals surface area contributed by atoms with E-state index in [2.05, 4.69) is 5.32 Å². The lowest BCUT2D eigenvalue weighted by molar-refractivity contribution is -0.144. The fourth-order valence-electron chi connectivity index (χ4n) is 4.38. The van der Waals surface area contributed by atoms with Crippen LogP contribution in [0, 0.1) is 17.7 Å². The van der Waals surface area contributed by atoms with E-state index in [0.29, 0.717) is 12.5 Å². The van der Waals surface area contributed by atoms with Gasteiger partial charge < -0.3 is 14.8 Å². The van der Waals surface area contributed by atoms with E-state index in [1.54, 1.807) is 0 Å². The molecule has 1 amide bonds. The third kappa shape index (κ3) is 5.62. The van der Waals surface area contributed by atoms with Crippen LogP contribution >= 0.6 is 11.6 Å². The average molecular weight is 426 g/mol. The van der Waals surface area contributed by atoms with Gasteiger partial charge >= 0.3 is 5.97 Å². The molecule has 0 aromatic heterocycles. The van der Waals surface area contributed by atoms with Crippen LogP contribution in [0.4, 0.5) is 4.39 Å². The average Bonchev–Trinajstić information content (AvgIpc) is 3.26. The van der Waals surface area contributed by atoms with Crippen molar-refractivity contribution in [2.24, 2.45) is 11.8 Å². The summed E-state index contributed by atoms with van der Waals surface area (Å²) in [5.41, 5.74) is -0.201. The van der Waals surface area contributed by atoms with E-state index in [0.717, 1.165) is 51.0 Å². The van der Waals surface area contributed by atoms with Crippen molar-refractivity contribution >= 4 is 23.5 Å². The number of benzene rings is 1. The molecule has 0 heterocycles. The van der Waals surface area contributed by atoms with Crippen LogP contribution in [0.5, 0.6) is 5.75 Å². The second-order valence-corrected chi connectivity index (χ2v) is 8.50. The zero-order valence-corrected chi connectivity index (χ0v) is 17.6. The first-order valence-electron chi connectivity index (χ1n) is 10.5. The molecule has 0 saturated heterocycles. The first kappa shape index (κ1) is 21.9. The second kappa shape index (κ2) is 10.3. The van der Waals surface area contributed by atoms with Crippen molar-refractivity contribution in [3.63, 3.8) is 0 Å². The number of esters is 1. The standard InChI is InChI=1S/C22H29ClFNO4/c1-28-22(27)20(15-9-3-2-4-10-15)25-21(26)16-11-17(23)19(12-18(16)24)29-13-14-7-5-6-8-14/h11-12,14-15,20H,2-10,13H2,1H3,(H,25,26)/t20-/m1/s1. The molecule has 5 nitrogen and oxygen atoms in total. The van der Waals surface area contributed by atoms with Gasteiger partial charge in [-0.25, -0.2) is 9.18 Å². The van der Waals surface area contributed by atoms with Crippen LogP contribution in [-0.2, 0) is 9.53 Å². The van der Waals surface area contributed by atoms with Gasteiger partial charge in [0.1, 0.15) is 17.6 Å². The number of nitrogens with one attached hydrogen (secondary N) is 1. The molecule has 0 spiro atoms. The number of halogens is 2. The molecule has 29 heavy (non-hydrogen) atoms. The molecule has 1 atom stereocenters. The highest BCUT2D eigenvalue weighted by molar-refractivity contribution is 6.32. The van der Waals surface area contributed by atoms with Gasteiger partial charge in [-0.3, -0.25) is 4.79 Å². The Kier molecular flexibility index (Phi) is 7.76. The fourth-order valence-corrected chi connectivity index (χ4v) is 4.60. The Balaban J connectivity index is 1.69. The summed E-state index contributed by atoms with van der Waals surface area (Å²) in [5, 5.41) is 2.85. The van der Waals surface area contributed by atoms with Gasteiger partial charge in [-0.05, 0) is 43.6 Å². The molecule has 1 aromatic carbocycles. The van der Waals surface area contributed by atoms with Crippen molar-refractivity contribution in [3.8, 4) is 5.75 Å². The molecule has 3 rings (SSSR count). The second-order valence-electron chi connectivity index (χ2n) is 8.10. The Bertz CT molecular complexity index is 730. The first-order chi connectivity index (χ1) is 14.0. The topological polar surface area (TPSA) is 64.6 Å². The molecule has 0 radical (unpaired) electrons. The van der Waals surface area contributed by atoms with E-state index in [1.807, 2.05) is 0 Å². The van der Waals surface area contributed by atoms with Gasteiger partial charge in [0.25, 0.3) is 5.91 Å². The zero-order chi connectivity index (χ0) is 20.8. The largest absolute Gasteiger partial charge is 0.492 e. The molecule has 2 aliphatic carbocycles. The number of hydrogen-bond donors (Lipinski definition) is 1. The van der Waals surface area contributed by atoms with Crippen LogP contribution in [0.3, 0.4) is 0 Å². The van der Waals surface area contributed by atoms with Crippen LogP contribution < -0.4 is 10.1 Å². The summed E-state index contributed by atoms with van der Waals surface area (Å²) < 4.78 is 25.2. The van der Waals surface area contributed by atoms with E-state index in [4.69, 9.17) is 21.1 Å². The molecule has 0 unspecified atom stereocenters. The normalized spacial score (nSPS) is 19.0. The minimum Gasteiger partial charge on any atom is -0.492 e. The third-order valence-corrected chi connectivity index (χ3v) is 6.37. The monoisotopic (exact) mass is 425 g/mol. The highest BCUT2D eigenvalue weighted by Crippen LogP contribution is 2.31. The molecule has 160 valence electrons. The van der Waals surface area contributed by atoms with E-state index in [1.165, 1.54) is 26.0 Å². The molecule has 2 saturated carbocycles. The predicted octanol–water partition coefficient (Wildman–Crippen LogP) is 4.90. The number of carbonyl (C=O) groups excluding carboxylic acids is 2. The maximum Gasteiger partial charge on any atom is 0.328 e. The van der Waals surface area contributed by atoms with Crippen LogP contribution in [0.2, 0.25) is 5.02 Å². The lowest BCUT2D eigenvalue weighted by Crippen LogP contribution is -2.47. The zero-order valence-electron chi connectivity index (χ0n) is 16.8. The SMILES string of the molecule is COC(=O)[C@H](NC(=O)c1cc(Cl)c(OCC2CCCC2)cc1F)C1CCCCC1. The van der Waals surface area contributed by atoms with Crippen molar-refractivity contribution in [1.82, 2.24) is 5.32 Å². The summed E-state index contributed by atoms with van der Waals surface area (Å²) in [5.74, 6) is -1.20. The third-order valence-electron chi connectivity index (χ3n) is 6.08. The summed E-state index contributed by atoms with van der Waals surface area (Å²) in [4.78, 5) is 24.9. The summed E-state index contributed by atoms with van der Waals surface area (Å²) >= 11 is 6.24. The minimum atomic E-state index is -0.788. The van der Waals surface area contributed by atoms with Gasteiger partial charge in [-0.1, -0.05) is 43.7 Å². The minimum absolute atomic E-state index is 0.00676. The van der Waals surface area contributed by atoms with Crippen molar-refractivity contribution < 1.29 is 23.5 Å². The maximum absolute atomic E-state index is 14.6. The summed E-state index contributed by atoms with van der Waals surface area (Å²) in [6.45, 7) is 0.497.